The van der Waals surface area contributed by atoms with E-state index in [1.807, 2.05) is 6.92 Å². The molecule has 4 aliphatic rings. The van der Waals surface area contributed by atoms with Crippen LogP contribution >= 0.6 is 0 Å². The Labute approximate surface area is 177 Å². The van der Waals surface area contributed by atoms with Crippen LogP contribution in [0.4, 0.5) is 0 Å². The number of ether oxygens (including phenoxy) is 1. The first-order chi connectivity index (χ1) is 13.7. The van der Waals surface area contributed by atoms with Crippen LogP contribution in [0.25, 0.3) is 0 Å². The molecule has 0 aromatic rings. The summed E-state index contributed by atoms with van der Waals surface area (Å²) in [7, 11) is 0. The quantitative estimate of drug-likeness (QED) is 0.482. The van der Waals surface area contributed by atoms with Crippen LogP contribution in [0.15, 0.2) is 12.2 Å². The zero-order valence-electron chi connectivity index (χ0n) is 18.7. The van der Waals surface area contributed by atoms with E-state index in [0.29, 0.717) is 24.8 Å². The van der Waals surface area contributed by atoms with Crippen LogP contribution in [0.2, 0.25) is 0 Å². The lowest BCUT2D eigenvalue weighted by Gasteiger charge is -2.68. The van der Waals surface area contributed by atoms with Gasteiger partial charge < -0.3 is 9.84 Å². The Morgan fingerprint density at radius 2 is 1.63 bits per heavy atom. The van der Waals surface area contributed by atoms with Crippen LogP contribution in [0.1, 0.15) is 60.8 Å². The minimum atomic E-state index is -1.46. The van der Waals surface area contributed by atoms with E-state index in [9.17, 15) is 24.3 Å². The van der Waals surface area contributed by atoms with Crippen LogP contribution in [-0.4, -0.2) is 40.6 Å². The number of carbonyl (C=O) groups excluding carboxylic acids is 4. The van der Waals surface area contributed by atoms with Crippen molar-refractivity contribution in [3.8, 4) is 0 Å². The molecule has 0 spiro atoms. The smallest absolute Gasteiger partial charge is 0.311 e. The van der Waals surface area contributed by atoms with Gasteiger partial charge in [-0.05, 0) is 38.0 Å². The van der Waals surface area contributed by atoms with Crippen molar-refractivity contribution in [1.82, 2.24) is 0 Å². The first kappa shape index (κ1) is 21.4. The number of carbonyl (C=O) groups is 4. The van der Waals surface area contributed by atoms with E-state index in [-0.39, 0.29) is 17.5 Å². The van der Waals surface area contributed by atoms with E-state index in [2.05, 4.69) is 6.58 Å². The second-order valence-corrected chi connectivity index (χ2v) is 11.2. The van der Waals surface area contributed by atoms with Gasteiger partial charge in [-0.1, -0.05) is 39.8 Å². The molecule has 1 saturated heterocycles. The number of esters is 1. The lowest BCUT2D eigenvalue weighted by atomic mass is 9.35. The molecule has 0 unspecified atom stereocenters. The minimum absolute atomic E-state index is 0.0229. The average Bonchev–Trinajstić information content (AvgIpc) is 2.64. The fourth-order valence-corrected chi connectivity index (χ4v) is 7.88. The highest BCUT2D eigenvalue weighted by Gasteiger charge is 2.75. The minimum Gasteiger partial charge on any atom is -0.454 e. The molecule has 6 nitrogen and oxygen atoms in total. The van der Waals surface area contributed by atoms with Crippen LogP contribution in [0.5, 0.6) is 0 Å². The second kappa shape index (κ2) is 5.90. The lowest BCUT2D eigenvalue weighted by molar-refractivity contribution is -0.229. The molecule has 4 rings (SSSR count). The van der Waals surface area contributed by atoms with Crippen LogP contribution in [0, 0.1) is 39.4 Å². The van der Waals surface area contributed by atoms with Gasteiger partial charge in [-0.15, -0.1) is 0 Å². The van der Waals surface area contributed by atoms with Crippen LogP contribution < -0.4 is 0 Å². The topological polar surface area (TPSA) is 97.7 Å². The van der Waals surface area contributed by atoms with Gasteiger partial charge in [0.1, 0.15) is 11.9 Å². The zero-order chi connectivity index (χ0) is 22.6. The molecule has 4 fully saturated rings. The highest BCUT2D eigenvalue weighted by molar-refractivity contribution is 6.02. The molecule has 0 aromatic carbocycles. The van der Waals surface area contributed by atoms with Crippen molar-refractivity contribution in [1.29, 1.82) is 0 Å². The van der Waals surface area contributed by atoms with E-state index in [4.69, 9.17) is 4.74 Å². The summed E-state index contributed by atoms with van der Waals surface area (Å²) >= 11 is 0. The molecule has 164 valence electrons. The summed E-state index contributed by atoms with van der Waals surface area (Å²) in [4.78, 5) is 52.7. The first-order valence-electron chi connectivity index (χ1n) is 10.8. The summed E-state index contributed by atoms with van der Waals surface area (Å²) in [5, 5.41) is 11.4. The lowest BCUT2D eigenvalue weighted by Crippen LogP contribution is -2.74. The summed E-state index contributed by atoms with van der Waals surface area (Å²) in [5.74, 6) is -3.09. The maximum absolute atomic E-state index is 13.6. The molecule has 1 N–H and O–H groups in total. The van der Waals surface area contributed by atoms with Gasteiger partial charge >= 0.3 is 5.97 Å². The number of ketones is 3. The summed E-state index contributed by atoms with van der Waals surface area (Å²) in [6, 6.07) is 0. The third-order valence-corrected chi connectivity index (χ3v) is 9.47. The standard InChI is InChI=1S/C24H32O6/c1-11-10-13-22(5)9-8-14(25)21(3,4)16(22)15(26)19(28)24(13,7)17-20(29)30-12(2)18(27)23(11,17)6/h12-13,16-17,19,28H,1,8-10H2,2-7H3/t12-,13-,16+,17-,19-,22-,23+,24-/m0/s1. The van der Waals surface area contributed by atoms with Gasteiger partial charge in [0.25, 0.3) is 0 Å². The van der Waals surface area contributed by atoms with Crippen LogP contribution in [0.3, 0.4) is 0 Å². The predicted octanol–water partition coefficient (Wildman–Crippen LogP) is 2.66. The zero-order valence-corrected chi connectivity index (χ0v) is 18.7. The van der Waals surface area contributed by atoms with Crippen molar-refractivity contribution >= 4 is 23.3 Å². The molecule has 30 heavy (non-hydrogen) atoms. The van der Waals surface area contributed by atoms with Crippen molar-refractivity contribution in [2.45, 2.75) is 73.0 Å². The molecule has 3 aliphatic carbocycles. The molecule has 1 heterocycles. The third-order valence-electron chi connectivity index (χ3n) is 9.47. The Balaban J connectivity index is 1.95. The molecule has 0 radical (unpaired) electrons. The number of fused-ring (bicyclic) bond motifs is 5. The van der Waals surface area contributed by atoms with E-state index >= 15 is 0 Å². The SMILES string of the molecule is C=C1C[C@H]2[C@]3(C)CCC(=O)C(C)(C)[C@H]3C(=O)[C@H](O)[C@]2(C)[C@H]2C(=O)O[C@@H](C)C(=O)[C@]12C. The van der Waals surface area contributed by atoms with E-state index < -0.39 is 57.5 Å². The number of aliphatic hydroxyl groups excluding tert-OH is 1. The Morgan fingerprint density at radius 1 is 1.03 bits per heavy atom. The van der Waals surface area contributed by atoms with Gasteiger partial charge in [-0.25, -0.2) is 0 Å². The van der Waals surface area contributed by atoms with Gasteiger partial charge in [-0.2, -0.15) is 0 Å². The number of rotatable bonds is 0. The monoisotopic (exact) mass is 416 g/mol. The number of hydrogen-bond donors (Lipinski definition) is 1. The summed E-state index contributed by atoms with van der Waals surface area (Å²) in [6.07, 6.45) is -1.06. The number of allylic oxidation sites excluding steroid dienone is 1. The van der Waals surface area contributed by atoms with Crippen molar-refractivity contribution in [2.24, 2.45) is 39.4 Å². The Kier molecular flexibility index (Phi) is 4.21. The maximum atomic E-state index is 13.6. The molecular formula is C24H32O6. The Hall–Kier alpha value is -1.82. The predicted molar refractivity (Wildman–Crippen MR) is 108 cm³/mol. The number of hydrogen-bond acceptors (Lipinski definition) is 6. The molecular weight excluding hydrogens is 384 g/mol. The first-order valence-corrected chi connectivity index (χ1v) is 10.8. The fourth-order valence-electron chi connectivity index (χ4n) is 7.88. The van der Waals surface area contributed by atoms with E-state index in [1.54, 1.807) is 34.6 Å². The molecule has 8 atom stereocenters. The van der Waals surface area contributed by atoms with Gasteiger partial charge in [0.15, 0.2) is 17.7 Å². The largest absolute Gasteiger partial charge is 0.454 e. The number of aliphatic hydroxyl groups is 1. The molecule has 0 aromatic heterocycles. The maximum Gasteiger partial charge on any atom is 0.311 e. The molecule has 3 saturated carbocycles. The molecule has 1 aliphatic heterocycles. The Morgan fingerprint density at radius 3 is 2.23 bits per heavy atom. The van der Waals surface area contributed by atoms with Crippen molar-refractivity contribution in [2.75, 3.05) is 0 Å². The molecule has 0 amide bonds. The fraction of sp³-hybridized carbons (Fsp3) is 0.750. The van der Waals surface area contributed by atoms with Gasteiger partial charge in [-0.3, -0.25) is 19.2 Å². The van der Waals surface area contributed by atoms with Crippen molar-refractivity contribution in [3.63, 3.8) is 0 Å². The van der Waals surface area contributed by atoms with E-state index in [0.717, 1.165) is 0 Å². The summed E-state index contributed by atoms with van der Waals surface area (Å²) in [6.45, 7) is 14.8. The third kappa shape index (κ3) is 2.13. The van der Waals surface area contributed by atoms with Gasteiger partial charge in [0.2, 0.25) is 0 Å². The summed E-state index contributed by atoms with van der Waals surface area (Å²) in [5.41, 5.74) is -3.21. The molecule has 0 bridgehead atoms. The normalized spacial score (nSPS) is 50.4. The average molecular weight is 417 g/mol. The van der Waals surface area contributed by atoms with Gasteiger partial charge in [0.05, 0.1) is 11.3 Å². The van der Waals surface area contributed by atoms with E-state index in [1.165, 1.54) is 0 Å². The van der Waals surface area contributed by atoms with Crippen molar-refractivity contribution in [3.05, 3.63) is 12.2 Å². The van der Waals surface area contributed by atoms with Gasteiger partial charge in [0, 0.05) is 23.2 Å². The summed E-state index contributed by atoms with van der Waals surface area (Å²) < 4.78 is 5.40. The highest BCUT2D eigenvalue weighted by Crippen LogP contribution is 2.71. The number of cyclic esters (lactones) is 1. The number of Topliss-reactive ketones (excluding diaryl/α,β-unsaturated/α-hetero) is 3. The van der Waals surface area contributed by atoms with Crippen LogP contribution in [-0.2, 0) is 23.9 Å². The van der Waals surface area contributed by atoms with Crippen molar-refractivity contribution < 1.29 is 29.0 Å². The highest BCUT2D eigenvalue weighted by atomic mass is 16.5. The second-order valence-electron chi connectivity index (χ2n) is 11.2. The Bertz CT molecular complexity index is 901. The molecule has 6 heteroatoms.